The van der Waals surface area contributed by atoms with E-state index < -0.39 is 23.7 Å². The molecular weight excluding hydrogens is 310 g/mol. The highest BCUT2D eigenvalue weighted by atomic mass is 16.6. The minimum atomic E-state index is -1.06. The second kappa shape index (κ2) is 9.93. The van der Waals surface area contributed by atoms with Crippen LogP contribution in [0.5, 0.6) is 0 Å². The van der Waals surface area contributed by atoms with Crippen molar-refractivity contribution in [3.63, 3.8) is 0 Å². The molecule has 1 rings (SSSR count). The van der Waals surface area contributed by atoms with E-state index in [1.54, 1.807) is 20.8 Å². The van der Waals surface area contributed by atoms with Gasteiger partial charge in [-0.1, -0.05) is 30.3 Å². The number of aliphatic carboxylic acids is 1. The minimum absolute atomic E-state index is 0.337. The van der Waals surface area contributed by atoms with Gasteiger partial charge in [0.15, 0.2) is 0 Å². The van der Waals surface area contributed by atoms with Crippen molar-refractivity contribution >= 4 is 12.1 Å². The third kappa shape index (κ3) is 9.15. The molecule has 0 saturated carbocycles. The van der Waals surface area contributed by atoms with E-state index in [1.165, 1.54) is 0 Å². The molecule has 6 nitrogen and oxygen atoms in total. The number of carbonyl (C=O) groups is 2. The summed E-state index contributed by atoms with van der Waals surface area (Å²) in [5.41, 5.74) is 0.450. The summed E-state index contributed by atoms with van der Waals surface area (Å²) in [5, 5.41) is 11.6. The summed E-state index contributed by atoms with van der Waals surface area (Å²) < 4.78 is 10.6. The molecule has 0 aliphatic heterocycles. The van der Waals surface area contributed by atoms with Crippen molar-refractivity contribution in [2.24, 2.45) is 0 Å². The molecule has 2 N–H and O–H groups in total. The second-order valence-electron chi connectivity index (χ2n) is 6.57. The first-order valence-corrected chi connectivity index (χ1v) is 8.12. The maximum Gasteiger partial charge on any atom is 0.408 e. The lowest BCUT2D eigenvalue weighted by atomic mass is 10.1. The average molecular weight is 337 g/mol. The van der Waals surface area contributed by atoms with Gasteiger partial charge in [-0.25, -0.2) is 9.59 Å². The molecule has 0 heterocycles. The van der Waals surface area contributed by atoms with Gasteiger partial charge in [-0.05, 0) is 45.6 Å². The molecule has 6 heteroatoms. The Bertz CT molecular complexity index is 510. The fraction of sp³-hybridized carbons (Fsp3) is 0.556. The van der Waals surface area contributed by atoms with E-state index in [0.717, 1.165) is 12.0 Å². The summed E-state index contributed by atoms with van der Waals surface area (Å²) in [4.78, 5) is 22.8. The zero-order chi connectivity index (χ0) is 18.0. The van der Waals surface area contributed by atoms with E-state index in [4.69, 9.17) is 9.47 Å². The van der Waals surface area contributed by atoms with E-state index in [0.29, 0.717) is 26.1 Å². The Morgan fingerprint density at radius 2 is 1.83 bits per heavy atom. The first-order valence-electron chi connectivity index (χ1n) is 8.12. The molecule has 0 aliphatic carbocycles. The molecule has 24 heavy (non-hydrogen) atoms. The van der Waals surface area contributed by atoms with Gasteiger partial charge >= 0.3 is 12.1 Å². The van der Waals surface area contributed by atoms with Crippen molar-refractivity contribution in [1.29, 1.82) is 0 Å². The molecule has 0 unspecified atom stereocenters. The van der Waals surface area contributed by atoms with Crippen LogP contribution in [0.2, 0.25) is 0 Å². The molecule has 0 bridgehead atoms. The fourth-order valence-electron chi connectivity index (χ4n) is 2.02. The van der Waals surface area contributed by atoms with Crippen molar-refractivity contribution in [2.75, 3.05) is 6.61 Å². The van der Waals surface area contributed by atoms with Gasteiger partial charge in [-0.3, -0.25) is 0 Å². The number of hydrogen-bond acceptors (Lipinski definition) is 4. The van der Waals surface area contributed by atoms with Crippen molar-refractivity contribution in [1.82, 2.24) is 5.32 Å². The molecule has 1 amide bonds. The van der Waals surface area contributed by atoms with Crippen molar-refractivity contribution in [3.8, 4) is 0 Å². The van der Waals surface area contributed by atoms with Crippen molar-refractivity contribution in [2.45, 2.75) is 58.3 Å². The summed E-state index contributed by atoms with van der Waals surface area (Å²) in [5.74, 6) is -1.06. The van der Waals surface area contributed by atoms with Crippen LogP contribution in [0.1, 0.15) is 45.6 Å². The van der Waals surface area contributed by atoms with Crippen LogP contribution >= 0.6 is 0 Å². The van der Waals surface area contributed by atoms with Crippen LogP contribution in [0.15, 0.2) is 30.3 Å². The van der Waals surface area contributed by atoms with Gasteiger partial charge in [0, 0.05) is 6.61 Å². The number of hydrogen-bond donors (Lipinski definition) is 2. The number of rotatable bonds is 9. The van der Waals surface area contributed by atoms with Crippen LogP contribution in [-0.4, -0.2) is 35.4 Å². The summed E-state index contributed by atoms with van der Waals surface area (Å²) in [7, 11) is 0. The predicted octanol–water partition coefficient (Wildman–Crippen LogP) is 3.35. The lowest BCUT2D eigenvalue weighted by Gasteiger charge is -2.22. The molecule has 0 radical (unpaired) electrons. The maximum atomic E-state index is 11.6. The van der Waals surface area contributed by atoms with Gasteiger partial charge < -0.3 is 19.9 Å². The second-order valence-corrected chi connectivity index (χ2v) is 6.57. The summed E-state index contributed by atoms with van der Waals surface area (Å²) in [6.07, 6.45) is 0.993. The Morgan fingerprint density at radius 3 is 2.42 bits per heavy atom. The number of carboxylic acids is 1. The first kappa shape index (κ1) is 20.0. The third-order valence-corrected chi connectivity index (χ3v) is 3.13. The van der Waals surface area contributed by atoms with Crippen LogP contribution in [-0.2, 0) is 20.9 Å². The Balaban J connectivity index is 2.22. The average Bonchev–Trinajstić information content (AvgIpc) is 2.48. The largest absolute Gasteiger partial charge is 0.480 e. The van der Waals surface area contributed by atoms with Crippen molar-refractivity contribution in [3.05, 3.63) is 35.9 Å². The molecule has 0 saturated heterocycles. The van der Waals surface area contributed by atoms with E-state index in [9.17, 15) is 14.7 Å². The molecule has 1 aromatic carbocycles. The lowest BCUT2D eigenvalue weighted by molar-refractivity contribution is -0.139. The Labute approximate surface area is 143 Å². The van der Waals surface area contributed by atoms with Gasteiger partial charge in [0.05, 0.1) is 6.61 Å². The fourth-order valence-corrected chi connectivity index (χ4v) is 2.02. The quantitative estimate of drug-likeness (QED) is 0.675. The Morgan fingerprint density at radius 1 is 1.17 bits per heavy atom. The summed E-state index contributed by atoms with van der Waals surface area (Å²) in [6.45, 7) is 6.28. The molecule has 1 aromatic rings. The van der Waals surface area contributed by atoms with Gasteiger partial charge in [0.25, 0.3) is 0 Å². The Hall–Kier alpha value is -2.08. The van der Waals surface area contributed by atoms with Crippen LogP contribution in [0.25, 0.3) is 0 Å². The van der Waals surface area contributed by atoms with E-state index in [-0.39, 0.29) is 0 Å². The number of carbonyl (C=O) groups excluding carboxylic acids is 1. The highest BCUT2D eigenvalue weighted by Gasteiger charge is 2.23. The van der Waals surface area contributed by atoms with Gasteiger partial charge in [0.1, 0.15) is 11.6 Å². The van der Waals surface area contributed by atoms with Crippen molar-refractivity contribution < 1.29 is 24.2 Å². The number of benzene rings is 1. The molecular formula is C18H27NO5. The molecule has 0 fully saturated rings. The van der Waals surface area contributed by atoms with Gasteiger partial charge in [0.2, 0.25) is 0 Å². The highest BCUT2D eigenvalue weighted by molar-refractivity contribution is 5.79. The number of carboxylic acid groups (broad SMARTS) is 1. The van der Waals surface area contributed by atoms with Crippen LogP contribution < -0.4 is 5.32 Å². The normalized spacial score (nSPS) is 12.5. The van der Waals surface area contributed by atoms with E-state index >= 15 is 0 Å². The zero-order valence-electron chi connectivity index (χ0n) is 14.6. The minimum Gasteiger partial charge on any atom is -0.480 e. The van der Waals surface area contributed by atoms with Crippen LogP contribution in [0.3, 0.4) is 0 Å². The SMILES string of the molecule is CC(C)(C)OC(=O)N[C@@H](CCCCOCc1ccccc1)C(=O)O. The van der Waals surface area contributed by atoms with Crippen LogP contribution in [0.4, 0.5) is 4.79 Å². The number of unbranched alkanes of at least 4 members (excludes halogenated alkanes) is 1. The predicted molar refractivity (Wildman–Crippen MR) is 90.7 cm³/mol. The maximum absolute atomic E-state index is 11.6. The summed E-state index contributed by atoms with van der Waals surface area (Å²) >= 11 is 0. The standard InChI is InChI=1S/C18H27NO5/c1-18(2,3)24-17(22)19-15(16(20)21)11-7-8-12-23-13-14-9-5-4-6-10-14/h4-6,9-10,15H,7-8,11-13H2,1-3H3,(H,19,22)(H,20,21)/t15-/m0/s1. The number of amides is 1. The molecule has 134 valence electrons. The monoisotopic (exact) mass is 337 g/mol. The van der Waals surface area contributed by atoms with Gasteiger partial charge in [-0.2, -0.15) is 0 Å². The van der Waals surface area contributed by atoms with E-state index in [1.807, 2.05) is 30.3 Å². The lowest BCUT2D eigenvalue weighted by Crippen LogP contribution is -2.43. The smallest absolute Gasteiger partial charge is 0.408 e. The zero-order valence-corrected chi connectivity index (χ0v) is 14.6. The number of ether oxygens (including phenoxy) is 2. The molecule has 0 spiro atoms. The van der Waals surface area contributed by atoms with E-state index in [2.05, 4.69) is 5.32 Å². The number of alkyl carbamates (subject to hydrolysis) is 1. The Kier molecular flexibility index (Phi) is 8.26. The van der Waals surface area contributed by atoms with Gasteiger partial charge in [-0.15, -0.1) is 0 Å². The highest BCUT2D eigenvalue weighted by Crippen LogP contribution is 2.09. The topological polar surface area (TPSA) is 84.9 Å². The van der Waals surface area contributed by atoms with Crippen LogP contribution in [0, 0.1) is 0 Å². The number of nitrogens with one attached hydrogen (secondary N) is 1. The summed E-state index contributed by atoms with van der Waals surface area (Å²) in [6, 6.07) is 8.90. The third-order valence-electron chi connectivity index (χ3n) is 3.13. The molecule has 0 aromatic heterocycles. The first-order chi connectivity index (χ1) is 11.3. The molecule has 0 aliphatic rings. The molecule has 1 atom stereocenters.